The van der Waals surface area contributed by atoms with Crippen molar-refractivity contribution in [1.82, 2.24) is 0 Å². The van der Waals surface area contributed by atoms with Gasteiger partial charge in [0.2, 0.25) is 0 Å². The van der Waals surface area contributed by atoms with Crippen LogP contribution in [-0.2, 0) is 4.74 Å². The maximum absolute atomic E-state index is 12.4. The van der Waals surface area contributed by atoms with Crippen LogP contribution in [0.1, 0.15) is 48.4 Å². The number of carbonyl (C=O) groups excluding carboxylic acids is 2. The Morgan fingerprint density at radius 3 is 2.04 bits per heavy atom. The standard InChI is InChI=1S/C21H24O5/c1-14(2)13-24-18-9-5-7-16(11-18)21(23)26-19-10-6-8-17(12-19)20(22)25-15(3)4/h5-12,14-15H,13H2,1-4H3. The lowest BCUT2D eigenvalue weighted by Gasteiger charge is -2.11. The summed E-state index contributed by atoms with van der Waals surface area (Å²) in [6.07, 6.45) is -0.220. The van der Waals surface area contributed by atoms with Gasteiger partial charge in [0.15, 0.2) is 0 Å². The molecule has 0 aliphatic carbocycles. The minimum Gasteiger partial charge on any atom is -0.493 e. The van der Waals surface area contributed by atoms with Crippen molar-refractivity contribution >= 4 is 11.9 Å². The van der Waals surface area contributed by atoms with Crippen LogP contribution >= 0.6 is 0 Å². The van der Waals surface area contributed by atoms with Crippen LogP contribution in [0.15, 0.2) is 48.5 Å². The van der Waals surface area contributed by atoms with Gasteiger partial charge in [0, 0.05) is 0 Å². The largest absolute Gasteiger partial charge is 0.493 e. The molecular formula is C21H24O5. The zero-order valence-electron chi connectivity index (χ0n) is 15.5. The summed E-state index contributed by atoms with van der Waals surface area (Å²) in [4.78, 5) is 24.3. The third kappa shape index (κ3) is 5.92. The van der Waals surface area contributed by atoms with Crippen molar-refractivity contribution < 1.29 is 23.8 Å². The van der Waals surface area contributed by atoms with Gasteiger partial charge in [-0.15, -0.1) is 0 Å². The van der Waals surface area contributed by atoms with Crippen molar-refractivity contribution in [3.05, 3.63) is 59.7 Å². The number of benzene rings is 2. The average molecular weight is 356 g/mol. The minimum atomic E-state index is -0.519. The molecule has 0 spiro atoms. The number of esters is 2. The van der Waals surface area contributed by atoms with E-state index in [9.17, 15) is 9.59 Å². The number of hydrogen-bond donors (Lipinski definition) is 0. The molecule has 2 aromatic rings. The van der Waals surface area contributed by atoms with E-state index in [1.807, 2.05) is 0 Å². The fourth-order valence-electron chi connectivity index (χ4n) is 2.11. The molecule has 0 N–H and O–H groups in total. The third-order valence-electron chi connectivity index (χ3n) is 3.28. The molecule has 2 rings (SSSR count). The highest BCUT2D eigenvalue weighted by atomic mass is 16.5. The lowest BCUT2D eigenvalue weighted by Crippen LogP contribution is -2.13. The summed E-state index contributed by atoms with van der Waals surface area (Å²) >= 11 is 0. The molecule has 5 heteroatoms. The summed E-state index contributed by atoms with van der Waals surface area (Å²) in [7, 11) is 0. The second-order valence-corrected chi connectivity index (χ2v) is 6.60. The van der Waals surface area contributed by atoms with Gasteiger partial charge >= 0.3 is 11.9 Å². The summed E-state index contributed by atoms with van der Waals surface area (Å²) in [6, 6.07) is 13.2. The first kappa shape index (κ1) is 19.5. The van der Waals surface area contributed by atoms with Crippen molar-refractivity contribution in [2.45, 2.75) is 33.8 Å². The first-order chi connectivity index (χ1) is 12.3. The zero-order valence-corrected chi connectivity index (χ0v) is 15.5. The van der Waals surface area contributed by atoms with E-state index in [1.165, 1.54) is 6.07 Å². The fraction of sp³-hybridized carbons (Fsp3) is 0.333. The first-order valence-corrected chi connectivity index (χ1v) is 8.61. The Kier molecular flexibility index (Phi) is 6.78. The van der Waals surface area contributed by atoms with Crippen LogP contribution in [0.25, 0.3) is 0 Å². The van der Waals surface area contributed by atoms with E-state index in [2.05, 4.69) is 13.8 Å². The molecule has 0 unspecified atom stereocenters. The molecule has 0 atom stereocenters. The summed E-state index contributed by atoms with van der Waals surface area (Å²) < 4.78 is 16.1. The third-order valence-corrected chi connectivity index (χ3v) is 3.28. The highest BCUT2D eigenvalue weighted by Gasteiger charge is 2.13. The molecule has 0 saturated heterocycles. The van der Waals surface area contributed by atoms with Gasteiger partial charge in [0.25, 0.3) is 0 Å². The van der Waals surface area contributed by atoms with Crippen molar-refractivity contribution in [2.75, 3.05) is 6.61 Å². The monoisotopic (exact) mass is 356 g/mol. The van der Waals surface area contributed by atoms with Crippen molar-refractivity contribution in [1.29, 1.82) is 0 Å². The Bertz CT molecular complexity index is 765. The predicted molar refractivity (Wildman–Crippen MR) is 98.7 cm³/mol. The molecule has 0 aliphatic heterocycles. The van der Waals surface area contributed by atoms with E-state index in [0.29, 0.717) is 29.4 Å². The summed E-state index contributed by atoms with van der Waals surface area (Å²) in [5.41, 5.74) is 0.708. The van der Waals surface area contributed by atoms with E-state index in [1.54, 1.807) is 56.3 Å². The molecule has 26 heavy (non-hydrogen) atoms. The van der Waals surface area contributed by atoms with Crippen LogP contribution in [0.5, 0.6) is 11.5 Å². The average Bonchev–Trinajstić information content (AvgIpc) is 2.60. The molecule has 138 valence electrons. The molecule has 0 saturated carbocycles. The van der Waals surface area contributed by atoms with Gasteiger partial charge < -0.3 is 14.2 Å². The van der Waals surface area contributed by atoms with Crippen LogP contribution < -0.4 is 9.47 Å². The summed E-state index contributed by atoms with van der Waals surface area (Å²) in [5, 5.41) is 0. The molecule has 0 heterocycles. The van der Waals surface area contributed by atoms with Gasteiger partial charge in [-0.1, -0.05) is 26.0 Å². The van der Waals surface area contributed by atoms with Crippen molar-refractivity contribution in [2.24, 2.45) is 5.92 Å². The Labute approximate surface area is 153 Å². The highest BCUT2D eigenvalue weighted by Crippen LogP contribution is 2.19. The van der Waals surface area contributed by atoms with Crippen LogP contribution in [0.3, 0.4) is 0 Å². The van der Waals surface area contributed by atoms with Crippen LogP contribution in [-0.4, -0.2) is 24.6 Å². The van der Waals surface area contributed by atoms with E-state index in [4.69, 9.17) is 14.2 Å². The number of carbonyl (C=O) groups is 2. The second kappa shape index (κ2) is 9.04. The van der Waals surface area contributed by atoms with Crippen molar-refractivity contribution in [3.63, 3.8) is 0 Å². The predicted octanol–water partition coefficient (Wildman–Crippen LogP) is 4.51. The molecule has 0 amide bonds. The van der Waals surface area contributed by atoms with Gasteiger partial charge in [-0.05, 0) is 56.2 Å². The molecule has 0 bridgehead atoms. The number of rotatable bonds is 7. The fourth-order valence-corrected chi connectivity index (χ4v) is 2.11. The minimum absolute atomic E-state index is 0.220. The quantitative estimate of drug-likeness (QED) is 0.540. The lowest BCUT2D eigenvalue weighted by atomic mass is 10.2. The van der Waals surface area contributed by atoms with Crippen LogP contribution in [0.4, 0.5) is 0 Å². The molecule has 0 aliphatic rings. The number of hydrogen-bond acceptors (Lipinski definition) is 5. The van der Waals surface area contributed by atoms with Crippen LogP contribution in [0, 0.1) is 5.92 Å². The molecule has 2 aromatic carbocycles. The van der Waals surface area contributed by atoms with E-state index in [-0.39, 0.29) is 11.9 Å². The summed E-state index contributed by atoms with van der Waals surface area (Å²) in [6.45, 7) is 8.22. The Morgan fingerprint density at radius 2 is 1.42 bits per heavy atom. The molecule has 0 radical (unpaired) electrons. The zero-order chi connectivity index (χ0) is 19.1. The highest BCUT2D eigenvalue weighted by molar-refractivity contribution is 5.93. The lowest BCUT2D eigenvalue weighted by molar-refractivity contribution is 0.0376. The van der Waals surface area contributed by atoms with Gasteiger partial charge in [-0.2, -0.15) is 0 Å². The maximum atomic E-state index is 12.4. The van der Waals surface area contributed by atoms with E-state index < -0.39 is 11.9 Å². The van der Waals surface area contributed by atoms with E-state index in [0.717, 1.165) is 0 Å². The molecule has 0 fully saturated rings. The Balaban J connectivity index is 2.08. The first-order valence-electron chi connectivity index (χ1n) is 8.61. The van der Waals surface area contributed by atoms with Gasteiger partial charge in [-0.3, -0.25) is 0 Å². The second-order valence-electron chi connectivity index (χ2n) is 6.60. The van der Waals surface area contributed by atoms with E-state index >= 15 is 0 Å². The van der Waals surface area contributed by atoms with Crippen molar-refractivity contribution in [3.8, 4) is 11.5 Å². The normalized spacial score (nSPS) is 10.7. The molecule has 5 nitrogen and oxygen atoms in total. The maximum Gasteiger partial charge on any atom is 0.343 e. The summed E-state index contributed by atoms with van der Waals surface area (Å²) in [5.74, 6) is 0.305. The van der Waals surface area contributed by atoms with Gasteiger partial charge in [0.05, 0.1) is 23.8 Å². The number of ether oxygens (including phenoxy) is 3. The Hall–Kier alpha value is -2.82. The van der Waals surface area contributed by atoms with Crippen LogP contribution in [0.2, 0.25) is 0 Å². The smallest absolute Gasteiger partial charge is 0.343 e. The topological polar surface area (TPSA) is 61.8 Å². The Morgan fingerprint density at radius 1 is 0.846 bits per heavy atom. The molecular weight excluding hydrogens is 332 g/mol. The SMILES string of the molecule is CC(C)COc1cccc(C(=O)Oc2cccc(C(=O)OC(C)C)c2)c1. The molecule has 0 aromatic heterocycles. The van der Waals surface area contributed by atoms with Gasteiger partial charge in [-0.25, -0.2) is 9.59 Å². The van der Waals surface area contributed by atoms with Gasteiger partial charge in [0.1, 0.15) is 11.5 Å².